The van der Waals surface area contributed by atoms with Crippen LogP contribution in [-0.4, -0.2) is 34.3 Å². The van der Waals surface area contributed by atoms with Gasteiger partial charge in [-0.1, -0.05) is 59.5 Å². The lowest BCUT2D eigenvalue weighted by Crippen LogP contribution is -2.28. The summed E-state index contributed by atoms with van der Waals surface area (Å²) in [5.74, 6) is 0.344. The molecule has 1 saturated heterocycles. The molecule has 4 rings (SSSR count). The molecule has 6 nitrogen and oxygen atoms in total. The number of amides is 2. The molecule has 2 heterocycles. The van der Waals surface area contributed by atoms with Crippen molar-refractivity contribution >= 4 is 45.7 Å². The monoisotopic (exact) mass is 466 g/mol. The number of rotatable bonds is 8. The maximum atomic E-state index is 12.7. The van der Waals surface area contributed by atoms with Crippen LogP contribution in [0.3, 0.4) is 0 Å². The fourth-order valence-electron chi connectivity index (χ4n) is 3.63. The van der Waals surface area contributed by atoms with Crippen LogP contribution >= 0.6 is 23.1 Å². The van der Waals surface area contributed by atoms with Crippen LogP contribution in [0.25, 0.3) is 0 Å². The minimum Gasteiger partial charge on any atom is -0.312 e. The molecule has 1 atom stereocenters. The molecule has 2 amide bonds. The van der Waals surface area contributed by atoms with Crippen molar-refractivity contribution in [1.29, 1.82) is 0 Å². The van der Waals surface area contributed by atoms with E-state index < -0.39 is 5.92 Å². The number of hydrogen-bond donors (Lipinski definition) is 1. The maximum Gasteiger partial charge on any atom is 0.231 e. The number of nitrogens with one attached hydrogen (secondary N) is 1. The summed E-state index contributed by atoms with van der Waals surface area (Å²) < 4.78 is 0.840. The molecule has 0 saturated carbocycles. The first-order valence-corrected chi connectivity index (χ1v) is 12.5. The first kappa shape index (κ1) is 22.5. The van der Waals surface area contributed by atoms with E-state index in [-0.39, 0.29) is 18.2 Å². The molecule has 1 aromatic heterocycles. The van der Waals surface area contributed by atoms with E-state index in [1.165, 1.54) is 22.5 Å². The van der Waals surface area contributed by atoms with Crippen LogP contribution in [0, 0.1) is 19.8 Å². The fraction of sp³-hybridized carbons (Fsp3) is 0.333. The van der Waals surface area contributed by atoms with Crippen molar-refractivity contribution in [2.75, 3.05) is 22.5 Å². The van der Waals surface area contributed by atoms with Gasteiger partial charge in [0, 0.05) is 24.4 Å². The number of nitrogens with zero attached hydrogens (tertiary/aromatic N) is 3. The molecule has 0 spiro atoms. The summed E-state index contributed by atoms with van der Waals surface area (Å²) in [6.45, 7) is 4.45. The van der Waals surface area contributed by atoms with Crippen molar-refractivity contribution in [3.63, 3.8) is 0 Å². The molecule has 32 heavy (non-hydrogen) atoms. The molecule has 1 fully saturated rings. The smallest absolute Gasteiger partial charge is 0.231 e. The Morgan fingerprint density at radius 2 is 1.97 bits per heavy atom. The van der Waals surface area contributed by atoms with E-state index in [4.69, 9.17) is 0 Å². The summed E-state index contributed by atoms with van der Waals surface area (Å²) in [7, 11) is 0. The maximum absolute atomic E-state index is 12.7. The number of anilines is 2. The van der Waals surface area contributed by atoms with Crippen molar-refractivity contribution in [2.24, 2.45) is 5.92 Å². The second-order valence-electron chi connectivity index (χ2n) is 7.97. The van der Waals surface area contributed by atoms with E-state index >= 15 is 0 Å². The van der Waals surface area contributed by atoms with Crippen LogP contribution in [0.2, 0.25) is 0 Å². The van der Waals surface area contributed by atoms with Gasteiger partial charge in [-0.2, -0.15) is 0 Å². The van der Waals surface area contributed by atoms with E-state index in [0.29, 0.717) is 11.7 Å². The second kappa shape index (κ2) is 10.3. The van der Waals surface area contributed by atoms with E-state index in [1.807, 2.05) is 38.1 Å². The van der Waals surface area contributed by atoms with Gasteiger partial charge in [-0.05, 0) is 55.5 Å². The Labute approximate surface area is 196 Å². The first-order valence-electron chi connectivity index (χ1n) is 10.7. The second-order valence-corrected chi connectivity index (χ2v) is 10.3. The highest BCUT2D eigenvalue weighted by Crippen LogP contribution is 2.29. The summed E-state index contributed by atoms with van der Waals surface area (Å²) in [6.07, 6.45) is 2.29. The first-order chi connectivity index (χ1) is 15.5. The molecule has 1 unspecified atom stereocenters. The number of carbonyl (C=O) groups excluding carboxylic acids is 2. The van der Waals surface area contributed by atoms with Gasteiger partial charge in [-0.25, -0.2) is 0 Å². The topological polar surface area (TPSA) is 75.2 Å². The van der Waals surface area contributed by atoms with Crippen LogP contribution in [0.4, 0.5) is 10.8 Å². The summed E-state index contributed by atoms with van der Waals surface area (Å²) >= 11 is 3.03. The van der Waals surface area contributed by atoms with Crippen LogP contribution in [0.5, 0.6) is 0 Å². The van der Waals surface area contributed by atoms with Gasteiger partial charge < -0.3 is 10.2 Å². The van der Waals surface area contributed by atoms with Gasteiger partial charge in [-0.15, -0.1) is 10.2 Å². The van der Waals surface area contributed by atoms with Gasteiger partial charge in [-0.3, -0.25) is 9.59 Å². The molecule has 1 aliphatic heterocycles. The lowest BCUT2D eigenvalue weighted by atomic mass is 10.1. The Bertz CT molecular complexity index is 1100. The van der Waals surface area contributed by atoms with Crippen molar-refractivity contribution in [2.45, 2.75) is 37.4 Å². The summed E-state index contributed by atoms with van der Waals surface area (Å²) in [6, 6.07) is 16.4. The molecule has 0 radical (unpaired) electrons. The molecule has 166 valence electrons. The van der Waals surface area contributed by atoms with Gasteiger partial charge in [0.1, 0.15) is 0 Å². The Morgan fingerprint density at radius 1 is 1.16 bits per heavy atom. The minimum atomic E-state index is -0.394. The van der Waals surface area contributed by atoms with Gasteiger partial charge >= 0.3 is 0 Å². The number of benzene rings is 2. The van der Waals surface area contributed by atoms with Gasteiger partial charge in [0.15, 0.2) is 4.34 Å². The summed E-state index contributed by atoms with van der Waals surface area (Å²) in [4.78, 5) is 26.9. The van der Waals surface area contributed by atoms with Gasteiger partial charge in [0.2, 0.25) is 16.9 Å². The van der Waals surface area contributed by atoms with Crippen LogP contribution in [0.1, 0.15) is 29.5 Å². The van der Waals surface area contributed by atoms with Gasteiger partial charge in [0.05, 0.1) is 5.92 Å². The predicted molar refractivity (Wildman–Crippen MR) is 130 cm³/mol. The minimum absolute atomic E-state index is 0.0275. The van der Waals surface area contributed by atoms with Crippen molar-refractivity contribution < 1.29 is 9.59 Å². The Balaban J connectivity index is 1.26. The zero-order valence-corrected chi connectivity index (χ0v) is 19.8. The van der Waals surface area contributed by atoms with E-state index in [9.17, 15) is 9.59 Å². The standard InChI is InChI=1S/C24H26N4O2S2/c1-16-10-11-20(13-17(16)2)28-15-19(14-21(28)29)22(30)25-23-26-27-24(32-23)31-12-6-9-18-7-4-3-5-8-18/h3-5,7-8,10-11,13,19H,6,9,12,14-15H2,1-2H3,(H,25,26,30). The molecule has 2 aromatic carbocycles. The molecule has 3 aromatic rings. The molecule has 1 aliphatic rings. The Hall–Kier alpha value is -2.71. The highest BCUT2D eigenvalue weighted by atomic mass is 32.2. The molecule has 0 aliphatic carbocycles. The molecule has 8 heteroatoms. The van der Waals surface area contributed by atoms with E-state index in [0.717, 1.165) is 34.2 Å². The number of carbonyl (C=O) groups is 2. The molecule has 0 bridgehead atoms. The third-order valence-corrected chi connectivity index (χ3v) is 7.67. The third kappa shape index (κ3) is 5.55. The van der Waals surface area contributed by atoms with E-state index in [2.05, 4.69) is 39.8 Å². The third-order valence-electron chi connectivity index (χ3n) is 5.61. The lowest BCUT2D eigenvalue weighted by Gasteiger charge is -2.17. The average Bonchev–Trinajstić information content (AvgIpc) is 3.40. The number of aromatic nitrogens is 2. The lowest BCUT2D eigenvalue weighted by molar-refractivity contribution is -0.122. The van der Waals surface area contributed by atoms with E-state index in [1.54, 1.807) is 16.7 Å². The Morgan fingerprint density at radius 3 is 2.75 bits per heavy atom. The summed E-state index contributed by atoms with van der Waals surface area (Å²) in [5, 5.41) is 11.6. The molecular weight excluding hydrogens is 440 g/mol. The highest BCUT2D eigenvalue weighted by Gasteiger charge is 2.35. The zero-order valence-electron chi connectivity index (χ0n) is 18.2. The number of hydrogen-bond acceptors (Lipinski definition) is 6. The van der Waals surface area contributed by atoms with Gasteiger partial charge in [0.25, 0.3) is 0 Å². The quantitative estimate of drug-likeness (QED) is 0.291. The predicted octanol–water partition coefficient (Wildman–Crippen LogP) is 4.87. The van der Waals surface area contributed by atoms with Crippen LogP contribution in [0.15, 0.2) is 52.9 Å². The normalized spacial score (nSPS) is 15.9. The molecule has 1 N–H and O–H groups in total. The largest absolute Gasteiger partial charge is 0.312 e. The Kier molecular flexibility index (Phi) is 7.22. The van der Waals surface area contributed by atoms with Crippen molar-refractivity contribution in [1.82, 2.24) is 10.2 Å². The number of thioether (sulfide) groups is 1. The highest BCUT2D eigenvalue weighted by molar-refractivity contribution is 8.01. The van der Waals surface area contributed by atoms with Crippen LogP contribution < -0.4 is 10.2 Å². The van der Waals surface area contributed by atoms with Crippen molar-refractivity contribution in [3.05, 3.63) is 65.2 Å². The van der Waals surface area contributed by atoms with Crippen LogP contribution in [-0.2, 0) is 16.0 Å². The summed E-state index contributed by atoms with van der Waals surface area (Å²) in [5.41, 5.74) is 4.49. The SMILES string of the molecule is Cc1ccc(N2CC(C(=O)Nc3nnc(SCCCc4ccccc4)s3)CC2=O)cc1C. The number of aryl methyl sites for hydroxylation is 3. The zero-order chi connectivity index (χ0) is 22.5. The fourth-order valence-corrected chi connectivity index (χ4v) is 5.40. The van der Waals surface area contributed by atoms with Crippen molar-refractivity contribution in [3.8, 4) is 0 Å². The molecular formula is C24H26N4O2S2. The average molecular weight is 467 g/mol.